The maximum atomic E-state index is 13.1. The summed E-state index contributed by atoms with van der Waals surface area (Å²) >= 11 is 14.6. The van der Waals surface area contributed by atoms with Crippen LogP contribution in [0, 0.1) is 5.82 Å². The first kappa shape index (κ1) is 26.7. The fraction of sp³-hybridized carbons (Fsp3) is 0.321. The van der Waals surface area contributed by atoms with E-state index in [1.807, 2.05) is 23.9 Å². The van der Waals surface area contributed by atoms with Gasteiger partial charge < -0.3 is 4.90 Å². The fourth-order valence-electron chi connectivity index (χ4n) is 5.18. The Hall–Kier alpha value is -1.37. The van der Waals surface area contributed by atoms with Gasteiger partial charge in [-0.1, -0.05) is 53.5 Å². The molecule has 0 bridgehead atoms. The zero-order chi connectivity index (χ0) is 23.7. The predicted octanol–water partition coefficient (Wildman–Crippen LogP) is 8.50. The smallest absolute Gasteiger partial charge is 0.162 e. The first-order valence-corrected chi connectivity index (χ1v) is 13.3. The first-order valence-electron chi connectivity index (χ1n) is 11.7. The van der Waals surface area contributed by atoms with Gasteiger partial charge in [-0.3, -0.25) is 4.79 Å². The molecule has 1 spiro atoms. The van der Waals surface area contributed by atoms with Crippen molar-refractivity contribution in [2.75, 3.05) is 19.6 Å². The van der Waals surface area contributed by atoms with Crippen LogP contribution in [0.1, 0.15) is 58.0 Å². The molecule has 1 saturated heterocycles. The van der Waals surface area contributed by atoms with Crippen LogP contribution in [-0.2, 0) is 4.75 Å². The van der Waals surface area contributed by atoms with E-state index in [-0.39, 0.29) is 38.6 Å². The molecule has 184 valence electrons. The highest BCUT2D eigenvalue weighted by Crippen LogP contribution is 2.61. The maximum absolute atomic E-state index is 13.1. The summed E-state index contributed by atoms with van der Waals surface area (Å²) in [6.07, 6.45) is 3.47. The second-order valence-corrected chi connectivity index (χ2v) is 11.4. The van der Waals surface area contributed by atoms with Crippen molar-refractivity contribution in [2.24, 2.45) is 0 Å². The number of hydrogen-bond donors (Lipinski definition) is 0. The summed E-state index contributed by atoms with van der Waals surface area (Å²) < 4.78 is 13.2. The quantitative estimate of drug-likeness (QED) is 0.267. The molecule has 5 rings (SSSR count). The van der Waals surface area contributed by atoms with Crippen LogP contribution >= 0.6 is 51.9 Å². The molecule has 35 heavy (non-hydrogen) atoms. The number of benzene rings is 3. The van der Waals surface area contributed by atoms with Crippen molar-refractivity contribution in [2.45, 2.75) is 35.7 Å². The number of likely N-dealkylation sites (tertiary alicyclic amines) is 1. The van der Waals surface area contributed by atoms with Crippen molar-refractivity contribution in [3.63, 3.8) is 0 Å². The zero-order valence-electron chi connectivity index (χ0n) is 19.2. The Labute approximate surface area is 231 Å². The molecule has 2 aliphatic heterocycles. The Morgan fingerprint density at radius 2 is 1.71 bits per heavy atom. The molecule has 2 aliphatic rings. The average molecular weight is 595 g/mol. The third-order valence-electron chi connectivity index (χ3n) is 7.03. The molecule has 0 aliphatic carbocycles. The van der Waals surface area contributed by atoms with Crippen LogP contribution in [0.4, 0.5) is 4.39 Å². The fourth-order valence-corrected chi connectivity index (χ4v) is 7.29. The van der Waals surface area contributed by atoms with Gasteiger partial charge in [0.1, 0.15) is 5.82 Å². The van der Waals surface area contributed by atoms with Crippen LogP contribution in [0.25, 0.3) is 0 Å². The van der Waals surface area contributed by atoms with Gasteiger partial charge in [-0.15, -0.1) is 28.7 Å². The number of carbonyl (C=O) groups excluding carboxylic acids is 1. The van der Waals surface area contributed by atoms with Crippen molar-refractivity contribution in [3.05, 3.63) is 105 Å². The number of halogens is 4. The second-order valence-electron chi connectivity index (χ2n) is 9.13. The number of nitrogens with zero attached hydrogens (tertiary/aromatic N) is 1. The predicted molar refractivity (Wildman–Crippen MR) is 150 cm³/mol. The van der Waals surface area contributed by atoms with Gasteiger partial charge in [-0.25, -0.2) is 4.39 Å². The standard InChI is InChI=1S/C28H26Cl2FNOS.BrH/c29-24-12-9-20(18-25(24)30)27-22-4-1-2-5-23(22)28(34-27)13-16-32(17-14-28)15-3-6-26(33)19-7-10-21(31)11-8-19;/h1-2,4-5,7-12,18,27H,3,6,13-17H2;1H. The van der Waals surface area contributed by atoms with Crippen molar-refractivity contribution in [1.29, 1.82) is 0 Å². The summed E-state index contributed by atoms with van der Waals surface area (Å²) in [6.45, 7) is 2.94. The molecule has 0 saturated carbocycles. The minimum absolute atomic E-state index is 0. The Morgan fingerprint density at radius 3 is 2.43 bits per heavy atom. The van der Waals surface area contributed by atoms with Crippen LogP contribution in [0.5, 0.6) is 0 Å². The molecule has 2 nitrogen and oxygen atoms in total. The summed E-state index contributed by atoms with van der Waals surface area (Å²) in [5, 5.41) is 1.44. The number of Topliss-reactive ketones (excluding diaryl/α,β-unsaturated/α-hetero) is 1. The molecule has 7 heteroatoms. The minimum Gasteiger partial charge on any atom is -0.303 e. The summed E-state index contributed by atoms with van der Waals surface area (Å²) in [4.78, 5) is 14.9. The molecular weight excluding hydrogens is 568 g/mol. The van der Waals surface area contributed by atoms with E-state index in [1.54, 1.807) is 12.1 Å². The molecule has 3 aromatic rings. The summed E-state index contributed by atoms with van der Waals surface area (Å²) in [5.41, 5.74) is 4.61. The lowest BCUT2D eigenvalue weighted by atomic mass is 9.84. The van der Waals surface area contributed by atoms with Gasteiger partial charge in [0, 0.05) is 16.7 Å². The lowest BCUT2D eigenvalue weighted by Crippen LogP contribution is -2.40. The number of rotatable bonds is 6. The van der Waals surface area contributed by atoms with Crippen LogP contribution in [0.15, 0.2) is 66.7 Å². The Balaban J connectivity index is 0.00000289. The summed E-state index contributed by atoms with van der Waals surface area (Å²) in [5.74, 6) is -0.232. The second kappa shape index (κ2) is 11.4. The van der Waals surface area contributed by atoms with Gasteiger partial charge in [0.05, 0.1) is 15.3 Å². The lowest BCUT2D eigenvalue weighted by molar-refractivity contribution is 0.0971. The topological polar surface area (TPSA) is 20.3 Å². The Bertz CT molecular complexity index is 1200. The number of fused-ring (bicyclic) bond motifs is 2. The van der Waals surface area contributed by atoms with Crippen LogP contribution in [0.2, 0.25) is 10.0 Å². The monoisotopic (exact) mass is 593 g/mol. The molecule has 2 heterocycles. The zero-order valence-corrected chi connectivity index (χ0v) is 23.2. The number of carbonyl (C=O) groups is 1. The van der Waals surface area contributed by atoms with E-state index >= 15 is 0 Å². The minimum atomic E-state index is -0.313. The molecule has 1 atom stereocenters. The van der Waals surface area contributed by atoms with Crippen molar-refractivity contribution in [1.82, 2.24) is 4.90 Å². The van der Waals surface area contributed by atoms with Gasteiger partial charge in [0.25, 0.3) is 0 Å². The normalized spacial score (nSPS) is 18.8. The van der Waals surface area contributed by atoms with E-state index < -0.39 is 0 Å². The number of ketones is 1. The molecule has 0 N–H and O–H groups in total. The van der Waals surface area contributed by atoms with E-state index in [2.05, 4.69) is 35.2 Å². The van der Waals surface area contributed by atoms with E-state index in [9.17, 15) is 9.18 Å². The Kier molecular flexibility index (Phi) is 8.65. The van der Waals surface area contributed by atoms with E-state index in [0.29, 0.717) is 22.0 Å². The van der Waals surface area contributed by atoms with Gasteiger partial charge in [0.15, 0.2) is 5.78 Å². The van der Waals surface area contributed by atoms with Gasteiger partial charge in [-0.05, 0) is 92.0 Å². The largest absolute Gasteiger partial charge is 0.303 e. The molecule has 0 aromatic heterocycles. The van der Waals surface area contributed by atoms with Crippen LogP contribution < -0.4 is 0 Å². The number of hydrogen-bond acceptors (Lipinski definition) is 3. The number of thioether (sulfide) groups is 1. The molecule has 0 radical (unpaired) electrons. The van der Waals surface area contributed by atoms with E-state index in [1.165, 1.54) is 28.8 Å². The number of piperidine rings is 1. The summed E-state index contributed by atoms with van der Waals surface area (Å²) in [6, 6.07) is 20.6. The molecular formula is C28H27BrCl2FNOS. The van der Waals surface area contributed by atoms with Crippen molar-refractivity contribution >= 4 is 57.7 Å². The van der Waals surface area contributed by atoms with E-state index in [0.717, 1.165) is 38.9 Å². The molecule has 3 aromatic carbocycles. The Morgan fingerprint density at radius 1 is 1.00 bits per heavy atom. The highest BCUT2D eigenvalue weighted by Gasteiger charge is 2.46. The van der Waals surface area contributed by atoms with Crippen LogP contribution in [-0.4, -0.2) is 30.3 Å². The van der Waals surface area contributed by atoms with Gasteiger partial charge in [-0.2, -0.15) is 0 Å². The molecule has 1 unspecified atom stereocenters. The van der Waals surface area contributed by atoms with Gasteiger partial charge >= 0.3 is 0 Å². The molecule has 0 amide bonds. The third-order valence-corrected chi connectivity index (χ3v) is 9.61. The highest BCUT2D eigenvalue weighted by atomic mass is 79.9. The molecule has 1 fully saturated rings. The summed E-state index contributed by atoms with van der Waals surface area (Å²) in [7, 11) is 0. The average Bonchev–Trinajstić information content (AvgIpc) is 3.17. The van der Waals surface area contributed by atoms with Crippen LogP contribution in [0.3, 0.4) is 0 Å². The highest BCUT2D eigenvalue weighted by molar-refractivity contribution is 8.93. The van der Waals surface area contributed by atoms with Gasteiger partial charge in [0.2, 0.25) is 0 Å². The van der Waals surface area contributed by atoms with Crippen molar-refractivity contribution < 1.29 is 9.18 Å². The van der Waals surface area contributed by atoms with E-state index in [4.69, 9.17) is 23.2 Å². The lowest BCUT2D eigenvalue weighted by Gasteiger charge is -2.39. The third kappa shape index (κ3) is 5.65. The first-order chi connectivity index (χ1) is 16.4. The van der Waals surface area contributed by atoms with Crippen molar-refractivity contribution in [3.8, 4) is 0 Å². The SMILES string of the molecule is Br.O=C(CCCN1CCC2(CC1)SC(c1ccc(Cl)c(Cl)c1)c1ccccc12)c1ccc(F)cc1. The maximum Gasteiger partial charge on any atom is 0.162 e.